The number of nitrogens with zero attached hydrogens (tertiary/aromatic N) is 4. The topological polar surface area (TPSA) is 63.6 Å². The SMILES string of the molecule is Cc1nnc(Nc2cccc(-c3csc(-c4ccncc4)n3)c2)s1. The molecule has 4 aromatic rings. The van der Waals surface area contributed by atoms with Crippen molar-refractivity contribution in [3.63, 3.8) is 0 Å². The summed E-state index contributed by atoms with van der Waals surface area (Å²) in [7, 11) is 0. The van der Waals surface area contributed by atoms with E-state index in [4.69, 9.17) is 4.98 Å². The Morgan fingerprint density at radius 3 is 2.67 bits per heavy atom. The maximum atomic E-state index is 4.74. The van der Waals surface area contributed by atoms with E-state index in [0.717, 1.165) is 37.7 Å². The van der Waals surface area contributed by atoms with Gasteiger partial charge in [0.25, 0.3) is 0 Å². The molecule has 0 atom stereocenters. The predicted octanol–water partition coefficient (Wildman–Crippen LogP) is 4.78. The Kier molecular flexibility index (Phi) is 4.02. The molecule has 0 saturated carbocycles. The van der Waals surface area contributed by atoms with E-state index in [-0.39, 0.29) is 0 Å². The molecule has 1 N–H and O–H groups in total. The molecular formula is C17H13N5S2. The lowest BCUT2D eigenvalue weighted by Gasteiger charge is -2.04. The number of hydrogen-bond acceptors (Lipinski definition) is 7. The van der Waals surface area contributed by atoms with Crippen molar-refractivity contribution in [2.75, 3.05) is 5.32 Å². The molecule has 0 aliphatic rings. The number of benzene rings is 1. The molecule has 3 heterocycles. The molecule has 7 heteroatoms. The van der Waals surface area contributed by atoms with E-state index in [1.807, 2.05) is 31.2 Å². The number of hydrogen-bond donors (Lipinski definition) is 1. The van der Waals surface area contributed by atoms with Gasteiger partial charge >= 0.3 is 0 Å². The second-order valence-electron chi connectivity index (χ2n) is 5.11. The van der Waals surface area contributed by atoms with Crippen LogP contribution in [-0.2, 0) is 0 Å². The molecule has 3 aromatic heterocycles. The number of nitrogens with one attached hydrogen (secondary N) is 1. The Labute approximate surface area is 147 Å². The molecule has 0 radical (unpaired) electrons. The van der Waals surface area contributed by atoms with Crippen LogP contribution in [0, 0.1) is 6.92 Å². The summed E-state index contributed by atoms with van der Waals surface area (Å²) in [5, 5.41) is 16.2. The highest BCUT2D eigenvalue weighted by Gasteiger charge is 2.08. The van der Waals surface area contributed by atoms with E-state index in [9.17, 15) is 0 Å². The molecule has 24 heavy (non-hydrogen) atoms. The molecule has 0 unspecified atom stereocenters. The fraction of sp³-hybridized carbons (Fsp3) is 0.0588. The van der Waals surface area contributed by atoms with Crippen LogP contribution in [0.3, 0.4) is 0 Å². The zero-order valence-corrected chi connectivity index (χ0v) is 14.4. The summed E-state index contributed by atoms with van der Waals surface area (Å²) in [6.45, 7) is 1.94. The number of anilines is 2. The quantitative estimate of drug-likeness (QED) is 0.573. The number of thiazole rings is 1. The lowest BCUT2D eigenvalue weighted by Crippen LogP contribution is -1.90. The van der Waals surface area contributed by atoms with Crippen LogP contribution in [0.1, 0.15) is 5.01 Å². The van der Waals surface area contributed by atoms with Gasteiger partial charge in [-0.25, -0.2) is 4.98 Å². The van der Waals surface area contributed by atoms with Crippen LogP contribution in [-0.4, -0.2) is 20.2 Å². The summed E-state index contributed by atoms with van der Waals surface area (Å²) in [5.74, 6) is 0. The van der Waals surface area contributed by atoms with Gasteiger partial charge < -0.3 is 5.32 Å². The first-order chi connectivity index (χ1) is 11.8. The largest absolute Gasteiger partial charge is 0.330 e. The van der Waals surface area contributed by atoms with Gasteiger partial charge in [0, 0.05) is 34.6 Å². The van der Waals surface area contributed by atoms with Crippen LogP contribution < -0.4 is 5.32 Å². The lowest BCUT2D eigenvalue weighted by atomic mass is 10.1. The maximum absolute atomic E-state index is 4.74. The Morgan fingerprint density at radius 1 is 1.00 bits per heavy atom. The number of pyridine rings is 1. The summed E-state index contributed by atoms with van der Waals surface area (Å²) in [5.41, 5.74) is 4.09. The fourth-order valence-corrected chi connectivity index (χ4v) is 3.71. The van der Waals surface area contributed by atoms with Crippen molar-refractivity contribution < 1.29 is 0 Å². The van der Waals surface area contributed by atoms with E-state index in [1.165, 1.54) is 11.3 Å². The van der Waals surface area contributed by atoms with E-state index < -0.39 is 0 Å². The van der Waals surface area contributed by atoms with Crippen LogP contribution in [0.4, 0.5) is 10.8 Å². The number of rotatable bonds is 4. The monoisotopic (exact) mass is 351 g/mol. The van der Waals surface area contributed by atoms with Crippen molar-refractivity contribution in [1.29, 1.82) is 0 Å². The molecule has 0 bridgehead atoms. The average molecular weight is 351 g/mol. The Bertz CT molecular complexity index is 962. The Morgan fingerprint density at radius 2 is 1.88 bits per heavy atom. The molecule has 4 rings (SSSR count). The van der Waals surface area contributed by atoms with Gasteiger partial charge in [-0.15, -0.1) is 21.5 Å². The van der Waals surface area contributed by atoms with Crippen molar-refractivity contribution in [2.45, 2.75) is 6.92 Å². The molecule has 0 fully saturated rings. The van der Waals surface area contributed by atoms with Gasteiger partial charge in [-0.2, -0.15) is 0 Å². The molecule has 0 amide bonds. The first kappa shape index (κ1) is 14.9. The molecule has 118 valence electrons. The minimum Gasteiger partial charge on any atom is -0.330 e. The summed E-state index contributed by atoms with van der Waals surface area (Å²) >= 11 is 3.16. The van der Waals surface area contributed by atoms with Crippen molar-refractivity contribution in [3.8, 4) is 21.8 Å². The van der Waals surface area contributed by atoms with Crippen LogP contribution >= 0.6 is 22.7 Å². The van der Waals surface area contributed by atoms with Crippen molar-refractivity contribution in [3.05, 3.63) is 59.2 Å². The third-order valence-electron chi connectivity index (χ3n) is 3.37. The highest BCUT2D eigenvalue weighted by molar-refractivity contribution is 7.15. The highest BCUT2D eigenvalue weighted by atomic mass is 32.1. The van der Waals surface area contributed by atoms with Crippen molar-refractivity contribution in [1.82, 2.24) is 20.2 Å². The van der Waals surface area contributed by atoms with Crippen LogP contribution in [0.25, 0.3) is 21.8 Å². The van der Waals surface area contributed by atoms with E-state index in [0.29, 0.717) is 0 Å². The molecule has 0 spiro atoms. The Balaban J connectivity index is 1.61. The van der Waals surface area contributed by atoms with Gasteiger partial charge in [-0.1, -0.05) is 23.5 Å². The minimum atomic E-state index is 0.792. The highest BCUT2D eigenvalue weighted by Crippen LogP contribution is 2.30. The second-order valence-corrected chi connectivity index (χ2v) is 7.15. The predicted molar refractivity (Wildman–Crippen MR) is 98.7 cm³/mol. The van der Waals surface area contributed by atoms with Gasteiger partial charge in [0.05, 0.1) is 5.69 Å². The normalized spacial score (nSPS) is 10.7. The van der Waals surface area contributed by atoms with E-state index in [2.05, 4.69) is 38.0 Å². The van der Waals surface area contributed by atoms with Gasteiger partial charge in [-0.3, -0.25) is 4.98 Å². The van der Waals surface area contributed by atoms with Crippen molar-refractivity contribution >= 4 is 33.5 Å². The lowest BCUT2D eigenvalue weighted by molar-refractivity contribution is 1.05. The van der Waals surface area contributed by atoms with Crippen LogP contribution in [0.5, 0.6) is 0 Å². The van der Waals surface area contributed by atoms with Gasteiger partial charge in [0.1, 0.15) is 10.0 Å². The first-order valence-corrected chi connectivity index (χ1v) is 9.01. The second kappa shape index (κ2) is 6.46. The molecule has 0 saturated heterocycles. The molecule has 0 aliphatic carbocycles. The zero-order chi connectivity index (χ0) is 16.4. The molecule has 5 nitrogen and oxygen atoms in total. The van der Waals surface area contributed by atoms with Crippen LogP contribution in [0.2, 0.25) is 0 Å². The minimum absolute atomic E-state index is 0.792. The first-order valence-electron chi connectivity index (χ1n) is 7.31. The molecule has 0 aliphatic heterocycles. The summed E-state index contributed by atoms with van der Waals surface area (Å²) in [6.07, 6.45) is 3.57. The van der Waals surface area contributed by atoms with Crippen LogP contribution in [0.15, 0.2) is 54.2 Å². The summed E-state index contributed by atoms with van der Waals surface area (Å²) < 4.78 is 0. The third kappa shape index (κ3) is 3.17. The van der Waals surface area contributed by atoms with Gasteiger partial charge in [-0.05, 0) is 31.2 Å². The van der Waals surface area contributed by atoms with Crippen molar-refractivity contribution in [2.24, 2.45) is 0 Å². The average Bonchev–Trinajstić information content (AvgIpc) is 3.25. The number of aryl methyl sites for hydroxylation is 1. The number of aromatic nitrogens is 4. The standard InChI is InChI=1S/C17H13N5S2/c1-11-21-22-17(24-11)19-14-4-2-3-13(9-14)15-10-23-16(20-15)12-5-7-18-8-6-12/h2-10H,1H3,(H,19,22). The fourth-order valence-electron chi connectivity index (χ4n) is 2.26. The van der Waals surface area contributed by atoms with E-state index in [1.54, 1.807) is 23.7 Å². The zero-order valence-electron chi connectivity index (χ0n) is 12.8. The summed E-state index contributed by atoms with van der Waals surface area (Å²) in [6, 6.07) is 12.1. The summed E-state index contributed by atoms with van der Waals surface area (Å²) in [4.78, 5) is 8.79. The van der Waals surface area contributed by atoms with Gasteiger partial charge in [0.15, 0.2) is 0 Å². The smallest absolute Gasteiger partial charge is 0.210 e. The maximum Gasteiger partial charge on any atom is 0.210 e. The molecular weight excluding hydrogens is 338 g/mol. The van der Waals surface area contributed by atoms with E-state index >= 15 is 0 Å². The van der Waals surface area contributed by atoms with Gasteiger partial charge in [0.2, 0.25) is 5.13 Å². The third-order valence-corrected chi connectivity index (χ3v) is 5.01. The Hall–Kier alpha value is -2.64. The molecule has 1 aromatic carbocycles.